The van der Waals surface area contributed by atoms with E-state index in [0.717, 1.165) is 15.6 Å². The number of halogens is 2. The first-order valence-electron chi connectivity index (χ1n) is 4.77. The number of thiophene rings is 1. The average Bonchev–Trinajstić information content (AvgIpc) is 2.68. The van der Waals surface area contributed by atoms with Gasteiger partial charge in [-0.15, -0.1) is 11.3 Å². The van der Waals surface area contributed by atoms with Crippen molar-refractivity contribution in [3.05, 3.63) is 44.8 Å². The van der Waals surface area contributed by atoms with Crippen LogP contribution in [0.5, 0.6) is 0 Å². The van der Waals surface area contributed by atoms with Gasteiger partial charge in [0.1, 0.15) is 0 Å². The van der Waals surface area contributed by atoms with E-state index in [2.05, 4.69) is 17.2 Å². The number of anilines is 1. The van der Waals surface area contributed by atoms with Gasteiger partial charge in [-0.05, 0) is 30.0 Å². The highest BCUT2D eigenvalue weighted by atomic mass is 35.5. The molecule has 1 N–H and O–H groups in total. The quantitative estimate of drug-likeness (QED) is 0.882. The molecule has 1 atom stereocenters. The summed E-state index contributed by atoms with van der Waals surface area (Å²) in [4.78, 5) is 4.03. The van der Waals surface area contributed by atoms with Crippen molar-refractivity contribution in [1.29, 1.82) is 0 Å². The second-order valence-electron chi connectivity index (χ2n) is 3.41. The van der Waals surface area contributed by atoms with E-state index in [4.69, 9.17) is 23.2 Å². The highest BCUT2D eigenvalue weighted by molar-refractivity contribution is 7.14. The summed E-state index contributed by atoms with van der Waals surface area (Å²) >= 11 is 13.5. The second kappa shape index (κ2) is 5.04. The molecule has 16 heavy (non-hydrogen) atoms. The van der Waals surface area contributed by atoms with Crippen molar-refractivity contribution in [3.8, 4) is 0 Å². The lowest BCUT2D eigenvalue weighted by Crippen LogP contribution is -2.06. The molecule has 0 aliphatic carbocycles. The van der Waals surface area contributed by atoms with Gasteiger partial charge in [-0.1, -0.05) is 23.2 Å². The summed E-state index contributed by atoms with van der Waals surface area (Å²) in [6, 6.07) is 3.87. The van der Waals surface area contributed by atoms with Crippen LogP contribution < -0.4 is 5.32 Å². The van der Waals surface area contributed by atoms with E-state index in [1.807, 2.05) is 11.4 Å². The summed E-state index contributed by atoms with van der Waals surface area (Å²) in [5.41, 5.74) is 1.98. The van der Waals surface area contributed by atoms with Crippen LogP contribution in [0.2, 0.25) is 9.36 Å². The van der Waals surface area contributed by atoms with Crippen molar-refractivity contribution in [1.82, 2.24) is 4.98 Å². The Balaban J connectivity index is 2.13. The van der Waals surface area contributed by atoms with Crippen LogP contribution in [0, 0.1) is 0 Å². The molecule has 2 rings (SSSR count). The van der Waals surface area contributed by atoms with Crippen LogP contribution in [0.4, 0.5) is 5.69 Å². The Labute approximate surface area is 108 Å². The van der Waals surface area contributed by atoms with Crippen molar-refractivity contribution < 1.29 is 0 Å². The van der Waals surface area contributed by atoms with Gasteiger partial charge < -0.3 is 5.32 Å². The first-order chi connectivity index (χ1) is 7.66. The lowest BCUT2D eigenvalue weighted by atomic mass is 10.2. The molecule has 5 heteroatoms. The van der Waals surface area contributed by atoms with Gasteiger partial charge in [-0.2, -0.15) is 0 Å². The molecule has 2 aromatic rings. The maximum atomic E-state index is 6.04. The molecule has 0 aliphatic heterocycles. The normalized spacial score (nSPS) is 12.4. The van der Waals surface area contributed by atoms with Crippen LogP contribution in [-0.2, 0) is 0 Å². The first-order valence-corrected chi connectivity index (χ1v) is 6.40. The zero-order valence-corrected chi connectivity index (χ0v) is 10.9. The first kappa shape index (κ1) is 11.7. The van der Waals surface area contributed by atoms with Gasteiger partial charge in [-0.25, -0.2) is 0 Å². The topological polar surface area (TPSA) is 24.9 Å². The van der Waals surface area contributed by atoms with Crippen LogP contribution in [0.15, 0.2) is 29.9 Å². The van der Waals surface area contributed by atoms with Crippen LogP contribution in [0.1, 0.15) is 18.5 Å². The number of hydrogen-bond donors (Lipinski definition) is 1. The van der Waals surface area contributed by atoms with Crippen LogP contribution in [0.25, 0.3) is 0 Å². The molecule has 2 aromatic heterocycles. The summed E-state index contributed by atoms with van der Waals surface area (Å²) in [6.45, 7) is 2.06. The molecule has 0 spiro atoms. The van der Waals surface area contributed by atoms with Gasteiger partial charge in [0.15, 0.2) is 0 Å². The molecular weight excluding hydrogens is 263 g/mol. The van der Waals surface area contributed by atoms with Gasteiger partial charge in [0.2, 0.25) is 0 Å². The van der Waals surface area contributed by atoms with Crippen molar-refractivity contribution >= 4 is 40.2 Å². The highest BCUT2D eigenvalue weighted by Gasteiger charge is 2.09. The van der Waals surface area contributed by atoms with Gasteiger partial charge in [0, 0.05) is 12.2 Å². The second-order valence-corrected chi connectivity index (χ2v) is 5.36. The van der Waals surface area contributed by atoms with Gasteiger partial charge in [-0.3, -0.25) is 4.98 Å². The minimum absolute atomic E-state index is 0.158. The predicted molar refractivity (Wildman–Crippen MR) is 70.6 cm³/mol. The third-order valence-corrected chi connectivity index (χ3v) is 3.67. The molecule has 0 aliphatic rings. The SMILES string of the molecule is CC(Nc1cnccc1Cl)c1csc(Cl)c1. The van der Waals surface area contributed by atoms with Crippen LogP contribution >= 0.6 is 34.5 Å². The summed E-state index contributed by atoms with van der Waals surface area (Å²) in [5.74, 6) is 0. The van der Waals surface area contributed by atoms with Gasteiger partial charge in [0.05, 0.1) is 21.2 Å². The number of aromatic nitrogens is 1. The Morgan fingerprint density at radius 1 is 1.44 bits per heavy atom. The number of nitrogens with zero attached hydrogens (tertiary/aromatic N) is 1. The summed E-state index contributed by atoms with van der Waals surface area (Å²) < 4.78 is 0.793. The molecule has 0 amide bonds. The van der Waals surface area contributed by atoms with E-state index in [1.54, 1.807) is 18.5 Å². The molecule has 0 aromatic carbocycles. The Kier molecular flexibility index (Phi) is 3.69. The molecule has 84 valence electrons. The van der Waals surface area contributed by atoms with E-state index < -0.39 is 0 Å². The average molecular weight is 273 g/mol. The van der Waals surface area contributed by atoms with Crippen molar-refractivity contribution in [2.75, 3.05) is 5.32 Å². The molecule has 2 nitrogen and oxygen atoms in total. The van der Waals surface area contributed by atoms with Crippen molar-refractivity contribution in [2.24, 2.45) is 0 Å². The Morgan fingerprint density at radius 3 is 2.88 bits per heavy atom. The van der Waals surface area contributed by atoms with Gasteiger partial charge >= 0.3 is 0 Å². The fourth-order valence-corrected chi connectivity index (χ4v) is 2.50. The van der Waals surface area contributed by atoms with Crippen molar-refractivity contribution in [3.63, 3.8) is 0 Å². The summed E-state index contributed by atoms with van der Waals surface area (Å²) in [6.07, 6.45) is 3.38. The fourth-order valence-electron chi connectivity index (χ4n) is 1.35. The zero-order valence-electron chi connectivity index (χ0n) is 8.58. The molecule has 1 unspecified atom stereocenters. The molecule has 0 fully saturated rings. The lowest BCUT2D eigenvalue weighted by Gasteiger charge is -2.14. The van der Waals surface area contributed by atoms with Crippen LogP contribution in [-0.4, -0.2) is 4.98 Å². The molecule has 0 saturated heterocycles. The Morgan fingerprint density at radius 2 is 2.25 bits per heavy atom. The molecule has 0 radical (unpaired) electrons. The van der Waals surface area contributed by atoms with Crippen LogP contribution in [0.3, 0.4) is 0 Å². The van der Waals surface area contributed by atoms with E-state index >= 15 is 0 Å². The number of nitrogens with one attached hydrogen (secondary N) is 1. The third kappa shape index (κ3) is 2.67. The van der Waals surface area contributed by atoms with E-state index in [9.17, 15) is 0 Å². The molecular formula is C11H10Cl2N2S. The van der Waals surface area contributed by atoms with Crippen molar-refractivity contribution in [2.45, 2.75) is 13.0 Å². The standard InChI is InChI=1S/C11H10Cl2N2S/c1-7(8-4-11(13)16-6-8)15-10-5-14-3-2-9(10)12/h2-7,15H,1H3. The monoisotopic (exact) mass is 272 g/mol. The number of pyridine rings is 1. The van der Waals surface area contributed by atoms with Gasteiger partial charge in [0.25, 0.3) is 0 Å². The maximum absolute atomic E-state index is 6.04. The predicted octanol–water partition coefficient (Wildman–Crippen LogP) is 4.62. The smallest absolute Gasteiger partial charge is 0.0931 e. The fraction of sp³-hybridized carbons (Fsp3) is 0.182. The largest absolute Gasteiger partial charge is 0.376 e. The van der Waals surface area contributed by atoms with E-state index in [0.29, 0.717) is 5.02 Å². The zero-order chi connectivity index (χ0) is 11.5. The highest BCUT2D eigenvalue weighted by Crippen LogP contribution is 2.29. The molecule has 0 bridgehead atoms. The minimum atomic E-state index is 0.158. The lowest BCUT2D eigenvalue weighted by molar-refractivity contribution is 0.889. The molecule has 0 saturated carbocycles. The Hall–Kier alpha value is -0.770. The number of hydrogen-bond acceptors (Lipinski definition) is 3. The molecule has 2 heterocycles. The number of rotatable bonds is 3. The minimum Gasteiger partial charge on any atom is -0.376 e. The summed E-state index contributed by atoms with van der Waals surface area (Å²) in [7, 11) is 0. The third-order valence-electron chi connectivity index (χ3n) is 2.23. The van der Waals surface area contributed by atoms with E-state index in [-0.39, 0.29) is 6.04 Å². The maximum Gasteiger partial charge on any atom is 0.0931 e. The Bertz CT molecular complexity index is 484. The summed E-state index contributed by atoms with van der Waals surface area (Å²) in [5, 5.41) is 5.99. The van der Waals surface area contributed by atoms with E-state index in [1.165, 1.54) is 11.3 Å².